The van der Waals surface area contributed by atoms with Gasteiger partial charge in [0.2, 0.25) is 0 Å². The molecule has 0 bridgehead atoms. The summed E-state index contributed by atoms with van der Waals surface area (Å²) in [5, 5.41) is 10.2. The van der Waals surface area contributed by atoms with E-state index in [0.717, 1.165) is 0 Å². The molecule has 4 N–H and O–H groups in total. The third-order valence-electron chi connectivity index (χ3n) is 5.77. The van der Waals surface area contributed by atoms with Gasteiger partial charge in [0.25, 0.3) is 0 Å². The second kappa shape index (κ2) is 16.4. The van der Waals surface area contributed by atoms with Crippen LogP contribution in [0, 0.1) is 0 Å². The van der Waals surface area contributed by atoms with Gasteiger partial charge in [0.05, 0.1) is 0 Å². The fourth-order valence-electron chi connectivity index (χ4n) is 3.71. The number of hydrogen-bond donors (Lipinski definition) is 4. The number of carbonyl (C=O) groups excluding carboxylic acids is 4. The summed E-state index contributed by atoms with van der Waals surface area (Å²) >= 11 is 0. The zero-order valence-electron chi connectivity index (χ0n) is 23.4. The van der Waals surface area contributed by atoms with Crippen LogP contribution in [-0.2, 0) is 18.9 Å². The fraction of sp³-hybridized carbons (Fsp3) is 0.125. The second-order valence-electron chi connectivity index (χ2n) is 9.05. The van der Waals surface area contributed by atoms with Crippen molar-refractivity contribution < 1.29 is 38.1 Å². The maximum Gasteiger partial charge on any atom is 0.412 e. The summed E-state index contributed by atoms with van der Waals surface area (Å²) in [7, 11) is 0. The number of nitrogens with one attached hydrogen (secondary N) is 4. The Bertz CT molecular complexity index is 1380. The van der Waals surface area contributed by atoms with E-state index in [0.29, 0.717) is 22.7 Å². The first-order valence-corrected chi connectivity index (χ1v) is 13.5. The molecule has 2 unspecified atom stereocenters. The van der Waals surface area contributed by atoms with Crippen LogP contribution in [0.1, 0.15) is 0 Å². The van der Waals surface area contributed by atoms with Crippen LogP contribution in [0.2, 0.25) is 0 Å². The topological polar surface area (TPSA) is 153 Å². The third kappa shape index (κ3) is 10.7. The van der Waals surface area contributed by atoms with Gasteiger partial charge in [0, 0.05) is 22.7 Å². The smallest absolute Gasteiger partial charge is 0.412 e. The van der Waals surface area contributed by atoms with E-state index in [1.807, 2.05) is 0 Å². The van der Waals surface area contributed by atoms with Gasteiger partial charge in [-0.1, -0.05) is 72.8 Å². The molecule has 12 nitrogen and oxygen atoms in total. The summed E-state index contributed by atoms with van der Waals surface area (Å²) in [5.41, 5.74) is 1.79. The minimum Gasteiger partial charge on any atom is -0.445 e. The second-order valence-corrected chi connectivity index (χ2v) is 9.05. The van der Waals surface area contributed by atoms with E-state index in [1.54, 1.807) is 121 Å². The Hall–Kier alpha value is -6.04. The molecule has 4 aromatic carbocycles. The first-order valence-electron chi connectivity index (χ1n) is 13.5. The molecule has 0 radical (unpaired) electrons. The molecule has 44 heavy (non-hydrogen) atoms. The lowest BCUT2D eigenvalue weighted by Crippen LogP contribution is -2.44. The average Bonchev–Trinajstić information content (AvgIpc) is 3.03. The number of hydrogen-bond acceptors (Lipinski definition) is 8. The van der Waals surface area contributed by atoms with Gasteiger partial charge in [-0.25, -0.2) is 19.2 Å². The Balaban J connectivity index is 1.49. The summed E-state index contributed by atoms with van der Waals surface area (Å²) in [4.78, 5) is 50.8. The highest BCUT2D eigenvalue weighted by Crippen LogP contribution is 2.15. The zero-order chi connectivity index (χ0) is 31.0. The number of anilines is 4. The number of carbonyl (C=O) groups is 4. The van der Waals surface area contributed by atoms with Crippen molar-refractivity contribution >= 4 is 47.1 Å². The third-order valence-corrected chi connectivity index (χ3v) is 5.77. The molecule has 0 aliphatic heterocycles. The van der Waals surface area contributed by atoms with Crippen LogP contribution < -0.4 is 21.3 Å². The molecule has 12 heteroatoms. The van der Waals surface area contributed by atoms with E-state index in [2.05, 4.69) is 21.3 Å². The van der Waals surface area contributed by atoms with Crippen molar-refractivity contribution in [3.8, 4) is 0 Å². The molecule has 0 aliphatic rings. The quantitative estimate of drug-likeness (QED) is 0.139. The van der Waals surface area contributed by atoms with E-state index < -0.39 is 49.8 Å². The van der Waals surface area contributed by atoms with Crippen molar-refractivity contribution in [2.45, 2.75) is 12.2 Å². The molecule has 0 spiro atoms. The number of rotatable bonds is 11. The average molecular weight is 599 g/mol. The SMILES string of the molecule is O=C(Nc1ccccc1)OCC(OC(=O)Nc1ccccc1)C(COC(=O)Nc1ccccc1)OC(=O)Nc1ccccc1. The van der Waals surface area contributed by atoms with E-state index in [4.69, 9.17) is 18.9 Å². The number of benzene rings is 4. The molecule has 0 heterocycles. The summed E-state index contributed by atoms with van der Waals surface area (Å²) in [6.07, 6.45) is -6.40. The molecule has 0 saturated heterocycles. The van der Waals surface area contributed by atoms with Crippen molar-refractivity contribution in [1.29, 1.82) is 0 Å². The van der Waals surface area contributed by atoms with E-state index in [-0.39, 0.29) is 0 Å². The maximum absolute atomic E-state index is 12.9. The molecule has 4 amide bonds. The molecule has 0 fully saturated rings. The monoisotopic (exact) mass is 598 g/mol. The summed E-state index contributed by atoms with van der Waals surface area (Å²) in [6.45, 7) is -1.12. The highest BCUT2D eigenvalue weighted by molar-refractivity contribution is 5.87. The van der Waals surface area contributed by atoms with Crippen molar-refractivity contribution in [2.24, 2.45) is 0 Å². The van der Waals surface area contributed by atoms with Gasteiger partial charge < -0.3 is 18.9 Å². The maximum atomic E-state index is 12.9. The lowest BCUT2D eigenvalue weighted by molar-refractivity contribution is -0.0499. The largest absolute Gasteiger partial charge is 0.445 e. The minimum absolute atomic E-state index is 0.428. The van der Waals surface area contributed by atoms with E-state index in [9.17, 15) is 19.2 Å². The normalized spacial score (nSPS) is 11.5. The molecular weight excluding hydrogens is 568 g/mol. The van der Waals surface area contributed by atoms with Crippen LogP contribution in [0.25, 0.3) is 0 Å². The van der Waals surface area contributed by atoms with Gasteiger partial charge in [0.1, 0.15) is 13.2 Å². The number of amides is 4. The van der Waals surface area contributed by atoms with Crippen LogP contribution in [-0.4, -0.2) is 49.8 Å². The number of para-hydroxylation sites is 4. The zero-order valence-corrected chi connectivity index (χ0v) is 23.4. The van der Waals surface area contributed by atoms with Gasteiger partial charge in [-0.3, -0.25) is 21.3 Å². The molecule has 4 aromatic rings. The molecule has 0 aliphatic carbocycles. The van der Waals surface area contributed by atoms with E-state index >= 15 is 0 Å². The molecule has 2 atom stereocenters. The number of ether oxygens (including phenoxy) is 4. The highest BCUT2D eigenvalue weighted by Gasteiger charge is 2.32. The van der Waals surface area contributed by atoms with Crippen molar-refractivity contribution in [3.63, 3.8) is 0 Å². The summed E-state index contributed by atoms with van der Waals surface area (Å²) in [6, 6.07) is 34.0. The molecule has 226 valence electrons. The van der Waals surface area contributed by atoms with Crippen molar-refractivity contribution in [2.75, 3.05) is 34.5 Å². The van der Waals surface area contributed by atoms with Gasteiger partial charge in [-0.2, -0.15) is 0 Å². The standard InChI is InChI=1S/C32H30N4O8/c37-29(33-23-13-5-1-6-14-23)41-21-27(43-31(39)35-25-17-9-3-10-18-25)28(44-32(40)36-26-19-11-4-12-20-26)22-42-30(38)34-24-15-7-2-8-16-24/h1-20,27-28H,21-22H2,(H,33,37)(H,34,38)(H,35,39)(H,36,40). The lowest BCUT2D eigenvalue weighted by atomic mass is 10.2. The highest BCUT2D eigenvalue weighted by atomic mass is 16.6. The van der Waals surface area contributed by atoms with Crippen molar-refractivity contribution in [3.05, 3.63) is 121 Å². The van der Waals surface area contributed by atoms with Gasteiger partial charge in [-0.05, 0) is 48.5 Å². The lowest BCUT2D eigenvalue weighted by Gasteiger charge is -2.26. The Morgan fingerprint density at radius 1 is 0.409 bits per heavy atom. The Kier molecular flexibility index (Phi) is 11.5. The van der Waals surface area contributed by atoms with Crippen LogP contribution in [0.15, 0.2) is 121 Å². The van der Waals surface area contributed by atoms with E-state index in [1.165, 1.54) is 0 Å². The van der Waals surface area contributed by atoms with Crippen LogP contribution >= 0.6 is 0 Å². The summed E-state index contributed by atoms with van der Waals surface area (Å²) < 4.78 is 21.7. The van der Waals surface area contributed by atoms with Crippen LogP contribution in [0.5, 0.6) is 0 Å². The minimum atomic E-state index is -1.41. The molecule has 4 rings (SSSR count). The first kappa shape index (κ1) is 30.9. The van der Waals surface area contributed by atoms with Crippen molar-refractivity contribution in [1.82, 2.24) is 0 Å². The van der Waals surface area contributed by atoms with Gasteiger partial charge in [-0.15, -0.1) is 0 Å². The molecule has 0 saturated carbocycles. The molecule has 0 aromatic heterocycles. The predicted molar refractivity (Wildman–Crippen MR) is 163 cm³/mol. The Morgan fingerprint density at radius 3 is 0.932 bits per heavy atom. The summed E-state index contributed by atoms with van der Waals surface area (Å²) in [5.74, 6) is 0. The van der Waals surface area contributed by atoms with Gasteiger partial charge >= 0.3 is 24.4 Å². The fourth-order valence-corrected chi connectivity index (χ4v) is 3.71. The molecular formula is C32H30N4O8. The first-order chi connectivity index (χ1) is 21.4. The van der Waals surface area contributed by atoms with Crippen LogP contribution in [0.4, 0.5) is 41.9 Å². The Morgan fingerprint density at radius 2 is 0.659 bits per heavy atom. The van der Waals surface area contributed by atoms with Crippen LogP contribution in [0.3, 0.4) is 0 Å². The van der Waals surface area contributed by atoms with Gasteiger partial charge in [0.15, 0.2) is 12.2 Å². The predicted octanol–water partition coefficient (Wildman–Crippen LogP) is 6.72. The Labute approximate surface area is 253 Å².